The van der Waals surface area contributed by atoms with E-state index in [1.807, 2.05) is 0 Å². The van der Waals surface area contributed by atoms with Crippen LogP contribution in [0.5, 0.6) is 0 Å². The highest BCUT2D eigenvalue weighted by atomic mass is 19.4. The van der Waals surface area contributed by atoms with Gasteiger partial charge in [-0.05, 0) is 6.07 Å². The van der Waals surface area contributed by atoms with E-state index in [-0.39, 0.29) is 5.69 Å². The number of nitrogens with one attached hydrogen (secondary N) is 2. The minimum Gasteiger partial charge on any atom is -0.333 e. The van der Waals surface area contributed by atoms with E-state index in [9.17, 15) is 36.3 Å². The van der Waals surface area contributed by atoms with Crippen molar-refractivity contribution in [1.82, 2.24) is 4.90 Å². The number of carbonyl (C=O) groups is 3. The molecule has 1 aliphatic rings. The Morgan fingerprint density at radius 3 is 2.27 bits per heavy atom. The molecule has 1 aromatic rings. The van der Waals surface area contributed by atoms with Gasteiger partial charge in [-0.25, -0.2) is 8.78 Å². The Balaban J connectivity index is 2.10. The van der Waals surface area contributed by atoms with Gasteiger partial charge in [-0.15, -0.1) is 0 Å². The van der Waals surface area contributed by atoms with Crippen molar-refractivity contribution in [3.8, 4) is 0 Å². The van der Waals surface area contributed by atoms with Crippen molar-refractivity contribution >= 4 is 29.1 Å². The van der Waals surface area contributed by atoms with Crippen LogP contribution in [-0.4, -0.2) is 41.9 Å². The summed E-state index contributed by atoms with van der Waals surface area (Å²) >= 11 is 0. The molecule has 3 amide bonds. The number of likely N-dealkylation sites (tertiary alicyclic amines) is 1. The summed E-state index contributed by atoms with van der Waals surface area (Å²) in [6, 6.07) is 1.28. The third kappa shape index (κ3) is 4.90. The van der Waals surface area contributed by atoms with E-state index < -0.39 is 66.6 Å². The molecule has 0 aromatic heterocycles. The van der Waals surface area contributed by atoms with Gasteiger partial charge in [-0.3, -0.25) is 14.4 Å². The number of benzene rings is 1. The maximum Gasteiger partial charge on any atom is 0.406 e. The van der Waals surface area contributed by atoms with E-state index >= 15 is 0 Å². The highest BCUT2D eigenvalue weighted by Gasteiger charge is 2.40. The lowest BCUT2D eigenvalue weighted by atomic mass is 10.1. The first kappa shape index (κ1) is 19.6. The third-order valence-electron chi connectivity index (χ3n) is 3.58. The molecule has 142 valence electrons. The Kier molecular flexibility index (Phi) is 5.47. The number of rotatable bonds is 4. The Labute approximate surface area is 144 Å². The van der Waals surface area contributed by atoms with Crippen molar-refractivity contribution in [3.05, 3.63) is 23.8 Å². The molecular weight excluding hydrogens is 365 g/mol. The summed E-state index contributed by atoms with van der Waals surface area (Å²) in [6.07, 6.45) is -5.05. The maximum absolute atomic E-state index is 13.8. The number of carbonyl (C=O) groups excluding carboxylic acids is 3. The van der Waals surface area contributed by atoms with Crippen molar-refractivity contribution in [2.24, 2.45) is 5.92 Å². The quantitative estimate of drug-likeness (QED) is 0.788. The minimum atomic E-state index is -4.60. The van der Waals surface area contributed by atoms with Crippen LogP contribution in [0.4, 0.5) is 33.3 Å². The fourth-order valence-corrected chi connectivity index (χ4v) is 2.48. The van der Waals surface area contributed by atoms with Crippen LogP contribution >= 0.6 is 0 Å². The van der Waals surface area contributed by atoms with Crippen LogP contribution in [0.2, 0.25) is 0 Å². The van der Waals surface area contributed by atoms with Crippen LogP contribution in [0.25, 0.3) is 0 Å². The summed E-state index contributed by atoms with van der Waals surface area (Å²) in [7, 11) is 0. The lowest BCUT2D eigenvalue weighted by molar-refractivity contribution is -0.157. The second-order valence-corrected chi connectivity index (χ2v) is 5.77. The monoisotopic (exact) mass is 379 g/mol. The summed E-state index contributed by atoms with van der Waals surface area (Å²) in [5.41, 5.74) is -0.850. The van der Waals surface area contributed by atoms with Gasteiger partial charge in [-0.1, -0.05) is 0 Å². The number of alkyl halides is 3. The van der Waals surface area contributed by atoms with Gasteiger partial charge in [0, 0.05) is 26.0 Å². The van der Waals surface area contributed by atoms with Crippen LogP contribution in [0.1, 0.15) is 13.3 Å². The molecule has 1 unspecified atom stereocenters. The fraction of sp³-hybridized carbons (Fsp3) is 0.400. The average molecular weight is 379 g/mol. The van der Waals surface area contributed by atoms with Gasteiger partial charge in [0.25, 0.3) is 0 Å². The lowest BCUT2D eigenvalue weighted by Crippen LogP contribution is -2.36. The van der Waals surface area contributed by atoms with Gasteiger partial charge in [0.15, 0.2) is 0 Å². The summed E-state index contributed by atoms with van der Waals surface area (Å²) in [6.45, 7) is -0.848. The molecule has 1 heterocycles. The second-order valence-electron chi connectivity index (χ2n) is 5.77. The topological polar surface area (TPSA) is 78.5 Å². The molecule has 6 nitrogen and oxygen atoms in total. The minimum absolute atomic E-state index is 0.379. The summed E-state index contributed by atoms with van der Waals surface area (Å²) in [5, 5.41) is 4.21. The molecule has 2 N–H and O–H groups in total. The van der Waals surface area contributed by atoms with E-state index in [1.54, 1.807) is 0 Å². The normalized spacial score (nSPS) is 17.4. The predicted molar refractivity (Wildman–Crippen MR) is 80.0 cm³/mol. The zero-order chi connectivity index (χ0) is 19.6. The number of hydrogen-bond donors (Lipinski definition) is 2. The van der Waals surface area contributed by atoms with Crippen LogP contribution in [0.3, 0.4) is 0 Å². The third-order valence-corrected chi connectivity index (χ3v) is 3.58. The van der Waals surface area contributed by atoms with E-state index in [0.29, 0.717) is 11.0 Å². The van der Waals surface area contributed by atoms with Crippen LogP contribution in [-0.2, 0) is 14.4 Å². The molecule has 0 spiro atoms. The molecule has 1 fully saturated rings. The first-order chi connectivity index (χ1) is 12.0. The van der Waals surface area contributed by atoms with E-state index in [1.165, 1.54) is 0 Å². The first-order valence-corrected chi connectivity index (χ1v) is 7.38. The van der Waals surface area contributed by atoms with Crippen molar-refractivity contribution in [3.63, 3.8) is 0 Å². The largest absolute Gasteiger partial charge is 0.406 e. The summed E-state index contributed by atoms with van der Waals surface area (Å²) in [5.74, 6) is -5.68. The van der Waals surface area contributed by atoms with Gasteiger partial charge in [0.05, 0.1) is 17.3 Å². The number of amides is 3. The molecule has 1 aromatic carbocycles. The first-order valence-electron chi connectivity index (χ1n) is 7.38. The van der Waals surface area contributed by atoms with Gasteiger partial charge >= 0.3 is 6.18 Å². The SMILES string of the molecule is CC(=O)Nc1cc(NC(=O)C2CC(=O)N(CC(F)(F)F)C2)c(F)cc1F. The Morgan fingerprint density at radius 2 is 1.73 bits per heavy atom. The zero-order valence-electron chi connectivity index (χ0n) is 13.4. The average Bonchev–Trinajstić information content (AvgIpc) is 2.83. The highest BCUT2D eigenvalue weighted by molar-refractivity contribution is 5.98. The van der Waals surface area contributed by atoms with Gasteiger partial charge < -0.3 is 15.5 Å². The molecule has 0 aliphatic carbocycles. The predicted octanol–water partition coefficient (Wildman–Crippen LogP) is 2.27. The van der Waals surface area contributed by atoms with Crippen molar-refractivity contribution in [2.75, 3.05) is 23.7 Å². The lowest BCUT2D eigenvalue weighted by Gasteiger charge is -2.18. The zero-order valence-corrected chi connectivity index (χ0v) is 13.4. The molecule has 1 aliphatic heterocycles. The van der Waals surface area contributed by atoms with Crippen molar-refractivity contribution in [2.45, 2.75) is 19.5 Å². The van der Waals surface area contributed by atoms with Gasteiger partial charge in [0.2, 0.25) is 17.7 Å². The molecule has 0 radical (unpaired) electrons. The molecule has 11 heteroatoms. The van der Waals surface area contributed by atoms with E-state index in [2.05, 4.69) is 10.6 Å². The van der Waals surface area contributed by atoms with Crippen molar-refractivity contribution < 1.29 is 36.3 Å². The van der Waals surface area contributed by atoms with Crippen LogP contribution in [0.15, 0.2) is 12.1 Å². The smallest absolute Gasteiger partial charge is 0.333 e. The Hall–Kier alpha value is -2.72. The molecule has 26 heavy (non-hydrogen) atoms. The second kappa shape index (κ2) is 7.26. The molecule has 2 rings (SSSR count). The van der Waals surface area contributed by atoms with Gasteiger partial charge in [-0.2, -0.15) is 13.2 Å². The van der Waals surface area contributed by atoms with Crippen molar-refractivity contribution in [1.29, 1.82) is 0 Å². The van der Waals surface area contributed by atoms with E-state index in [0.717, 1.165) is 13.0 Å². The molecule has 1 atom stereocenters. The summed E-state index contributed by atoms with van der Waals surface area (Å²) in [4.78, 5) is 35.2. The van der Waals surface area contributed by atoms with E-state index in [4.69, 9.17) is 0 Å². The number of hydrogen-bond acceptors (Lipinski definition) is 3. The molecule has 1 saturated heterocycles. The Bertz CT molecular complexity index is 751. The summed E-state index contributed by atoms with van der Waals surface area (Å²) < 4.78 is 64.5. The fourth-order valence-electron chi connectivity index (χ4n) is 2.48. The Morgan fingerprint density at radius 1 is 1.15 bits per heavy atom. The maximum atomic E-state index is 13.8. The van der Waals surface area contributed by atoms with Crippen LogP contribution < -0.4 is 10.6 Å². The number of anilines is 2. The van der Waals surface area contributed by atoms with Gasteiger partial charge in [0.1, 0.15) is 18.2 Å². The highest BCUT2D eigenvalue weighted by Crippen LogP contribution is 2.27. The standard InChI is InChI=1S/C15H14F5N3O3/c1-7(24)21-11-4-12(10(17)3-9(11)16)22-14(26)8-2-13(25)23(5-8)6-15(18,19)20/h3-4,8H,2,5-6H2,1H3,(H,21,24)(H,22,26). The molecular formula is C15H14F5N3O3. The number of nitrogens with zero attached hydrogens (tertiary/aromatic N) is 1. The molecule has 0 saturated carbocycles. The van der Waals surface area contributed by atoms with Crippen LogP contribution in [0, 0.1) is 17.6 Å². The number of halogens is 5. The molecule has 0 bridgehead atoms.